The van der Waals surface area contributed by atoms with Gasteiger partial charge in [0.15, 0.2) is 0 Å². The molecule has 1 fully saturated rings. The summed E-state index contributed by atoms with van der Waals surface area (Å²) in [4.78, 5) is 11.2. The zero-order valence-electron chi connectivity index (χ0n) is 17.4. The molecular weight excluding hydrogens is 398 g/mol. The Morgan fingerprint density at radius 2 is 1.77 bits per heavy atom. The number of ether oxygens (including phenoxy) is 1. The lowest BCUT2D eigenvalue weighted by Gasteiger charge is -2.31. The molecule has 0 spiro atoms. The van der Waals surface area contributed by atoms with Crippen molar-refractivity contribution in [3.8, 4) is 0 Å². The van der Waals surface area contributed by atoms with E-state index in [4.69, 9.17) is 16.3 Å². The Balaban J connectivity index is 1.60. The molecule has 2 aromatic rings. The summed E-state index contributed by atoms with van der Waals surface area (Å²) in [6, 6.07) is 9.90. The van der Waals surface area contributed by atoms with Gasteiger partial charge in [-0.15, -0.1) is 0 Å². The SMILES string of the molecule is Cc1cc(C)nc(N/N=C\C2=C(N3CCOCC3)C(=C/c3ccc(Cl)cc3)/CC2)n1. The van der Waals surface area contributed by atoms with Gasteiger partial charge in [-0.3, -0.25) is 0 Å². The van der Waals surface area contributed by atoms with Crippen LogP contribution in [0.3, 0.4) is 0 Å². The van der Waals surface area contributed by atoms with Crippen molar-refractivity contribution in [1.29, 1.82) is 0 Å². The third-order valence-corrected chi connectivity index (χ3v) is 5.43. The quantitative estimate of drug-likeness (QED) is 0.562. The number of halogens is 1. The number of morpholine rings is 1. The molecule has 1 aliphatic carbocycles. The maximum absolute atomic E-state index is 6.04. The first kappa shape index (κ1) is 20.6. The Morgan fingerprint density at radius 3 is 2.47 bits per heavy atom. The second-order valence-corrected chi connectivity index (χ2v) is 7.98. The molecule has 1 saturated heterocycles. The maximum Gasteiger partial charge on any atom is 0.243 e. The maximum atomic E-state index is 6.04. The summed E-state index contributed by atoms with van der Waals surface area (Å²) >= 11 is 6.04. The van der Waals surface area contributed by atoms with E-state index in [1.165, 1.54) is 16.8 Å². The number of rotatable bonds is 5. The van der Waals surface area contributed by atoms with E-state index in [9.17, 15) is 0 Å². The van der Waals surface area contributed by atoms with E-state index in [2.05, 4.69) is 43.6 Å². The minimum Gasteiger partial charge on any atom is -0.378 e. The summed E-state index contributed by atoms with van der Waals surface area (Å²) in [7, 11) is 0. The van der Waals surface area contributed by atoms with Gasteiger partial charge in [0, 0.05) is 35.2 Å². The summed E-state index contributed by atoms with van der Waals surface area (Å²) in [6.07, 6.45) is 6.10. The molecule has 2 heterocycles. The van der Waals surface area contributed by atoms with E-state index < -0.39 is 0 Å². The van der Waals surface area contributed by atoms with Crippen LogP contribution in [-0.2, 0) is 4.74 Å². The largest absolute Gasteiger partial charge is 0.378 e. The number of hydrogen-bond donors (Lipinski definition) is 1. The summed E-state index contributed by atoms with van der Waals surface area (Å²) in [5, 5.41) is 5.19. The predicted octanol–water partition coefficient (Wildman–Crippen LogP) is 4.61. The fourth-order valence-corrected chi connectivity index (χ4v) is 4.00. The Labute approximate surface area is 182 Å². The lowest BCUT2D eigenvalue weighted by molar-refractivity contribution is 0.0548. The number of nitrogens with one attached hydrogen (secondary N) is 1. The van der Waals surface area contributed by atoms with Crippen LogP contribution in [0.1, 0.15) is 29.8 Å². The molecule has 0 saturated carbocycles. The fourth-order valence-electron chi connectivity index (χ4n) is 3.88. The van der Waals surface area contributed by atoms with Gasteiger partial charge >= 0.3 is 0 Å². The fraction of sp³-hybridized carbons (Fsp3) is 0.348. The van der Waals surface area contributed by atoms with E-state index in [1.807, 2.05) is 38.3 Å². The summed E-state index contributed by atoms with van der Waals surface area (Å²) in [5.74, 6) is 0.521. The van der Waals surface area contributed by atoms with Gasteiger partial charge in [-0.2, -0.15) is 5.10 Å². The molecule has 156 valence electrons. The molecule has 1 aromatic carbocycles. The van der Waals surface area contributed by atoms with Crippen molar-refractivity contribution in [2.45, 2.75) is 26.7 Å². The van der Waals surface area contributed by atoms with Gasteiger partial charge in [0.05, 0.1) is 19.4 Å². The van der Waals surface area contributed by atoms with Crippen molar-refractivity contribution in [1.82, 2.24) is 14.9 Å². The predicted molar refractivity (Wildman–Crippen MR) is 122 cm³/mol. The molecule has 4 rings (SSSR count). The number of benzene rings is 1. The molecule has 0 radical (unpaired) electrons. The second-order valence-electron chi connectivity index (χ2n) is 7.54. The lowest BCUT2D eigenvalue weighted by atomic mass is 10.1. The van der Waals surface area contributed by atoms with Crippen LogP contribution in [0.15, 0.2) is 52.3 Å². The number of hydrogen-bond acceptors (Lipinski definition) is 6. The highest BCUT2D eigenvalue weighted by atomic mass is 35.5. The minimum absolute atomic E-state index is 0.521. The molecule has 2 aliphatic rings. The van der Waals surface area contributed by atoms with Gasteiger partial charge in [-0.25, -0.2) is 15.4 Å². The topological polar surface area (TPSA) is 62.6 Å². The Morgan fingerprint density at radius 1 is 1.07 bits per heavy atom. The standard InChI is InChI=1S/C23H26ClN5O/c1-16-13-17(2)27-23(26-16)28-25-15-20-6-5-19(14-18-3-7-21(24)8-4-18)22(20)29-9-11-30-12-10-29/h3-4,7-8,13-15H,5-6,9-12H2,1-2H3,(H,26,27,28)/b19-14+,25-15-. The zero-order chi connectivity index (χ0) is 20.9. The average Bonchev–Trinajstić information content (AvgIpc) is 3.12. The van der Waals surface area contributed by atoms with Crippen molar-refractivity contribution < 1.29 is 4.74 Å². The van der Waals surface area contributed by atoms with Gasteiger partial charge in [0.2, 0.25) is 5.95 Å². The summed E-state index contributed by atoms with van der Waals surface area (Å²) < 4.78 is 5.56. The Hall–Kier alpha value is -2.70. The van der Waals surface area contributed by atoms with E-state index in [-0.39, 0.29) is 0 Å². The van der Waals surface area contributed by atoms with E-state index in [1.54, 1.807) is 0 Å². The third kappa shape index (κ3) is 5.07. The van der Waals surface area contributed by atoms with Crippen molar-refractivity contribution in [2.24, 2.45) is 5.10 Å². The average molecular weight is 424 g/mol. The van der Waals surface area contributed by atoms with Crippen molar-refractivity contribution in [3.05, 3.63) is 69.1 Å². The number of hydrazone groups is 1. The van der Waals surface area contributed by atoms with Gasteiger partial charge < -0.3 is 9.64 Å². The second kappa shape index (κ2) is 9.41. The zero-order valence-corrected chi connectivity index (χ0v) is 18.1. The van der Waals surface area contributed by atoms with Crippen LogP contribution in [0.4, 0.5) is 5.95 Å². The van der Waals surface area contributed by atoms with Crippen LogP contribution in [-0.4, -0.2) is 47.4 Å². The summed E-state index contributed by atoms with van der Waals surface area (Å²) in [5.41, 5.74) is 9.78. The van der Waals surface area contributed by atoms with Crippen LogP contribution < -0.4 is 5.43 Å². The number of nitrogens with zero attached hydrogens (tertiary/aromatic N) is 4. The first-order chi connectivity index (χ1) is 14.6. The highest BCUT2D eigenvalue weighted by molar-refractivity contribution is 6.30. The van der Waals surface area contributed by atoms with Crippen molar-refractivity contribution in [3.63, 3.8) is 0 Å². The normalized spacial score (nSPS) is 18.6. The number of anilines is 1. The van der Waals surface area contributed by atoms with Gasteiger partial charge in [0.1, 0.15) is 0 Å². The molecule has 7 heteroatoms. The highest BCUT2D eigenvalue weighted by Gasteiger charge is 2.25. The molecule has 0 unspecified atom stereocenters. The molecule has 0 atom stereocenters. The molecule has 1 N–H and O–H groups in total. The number of aryl methyl sites for hydroxylation is 2. The molecule has 0 amide bonds. The minimum atomic E-state index is 0.521. The first-order valence-electron chi connectivity index (χ1n) is 10.2. The Bertz CT molecular complexity index is 971. The van der Waals surface area contributed by atoms with Crippen LogP contribution >= 0.6 is 11.6 Å². The third-order valence-electron chi connectivity index (χ3n) is 5.18. The van der Waals surface area contributed by atoms with Crippen LogP contribution in [0.25, 0.3) is 6.08 Å². The van der Waals surface area contributed by atoms with E-state index in [0.717, 1.165) is 61.1 Å². The lowest BCUT2D eigenvalue weighted by Crippen LogP contribution is -2.36. The van der Waals surface area contributed by atoms with Gasteiger partial charge in [-0.1, -0.05) is 23.7 Å². The van der Waals surface area contributed by atoms with Crippen molar-refractivity contribution >= 4 is 29.8 Å². The van der Waals surface area contributed by atoms with Crippen LogP contribution in [0, 0.1) is 13.8 Å². The summed E-state index contributed by atoms with van der Waals surface area (Å²) in [6.45, 7) is 7.17. The van der Waals surface area contributed by atoms with Gasteiger partial charge in [-0.05, 0) is 67.7 Å². The molecule has 6 nitrogen and oxygen atoms in total. The molecular formula is C23H26ClN5O. The van der Waals surface area contributed by atoms with Gasteiger partial charge in [0.25, 0.3) is 0 Å². The number of allylic oxidation sites excluding steroid dienone is 2. The Kier molecular flexibility index (Phi) is 6.45. The monoisotopic (exact) mass is 423 g/mol. The molecule has 0 bridgehead atoms. The van der Waals surface area contributed by atoms with Crippen LogP contribution in [0.5, 0.6) is 0 Å². The van der Waals surface area contributed by atoms with Crippen LogP contribution in [0.2, 0.25) is 5.02 Å². The molecule has 30 heavy (non-hydrogen) atoms. The highest BCUT2D eigenvalue weighted by Crippen LogP contribution is 2.35. The smallest absolute Gasteiger partial charge is 0.243 e. The van der Waals surface area contributed by atoms with E-state index in [0.29, 0.717) is 5.95 Å². The van der Waals surface area contributed by atoms with Crippen molar-refractivity contribution in [2.75, 3.05) is 31.7 Å². The molecule has 1 aromatic heterocycles. The molecule has 1 aliphatic heterocycles. The first-order valence-corrected chi connectivity index (χ1v) is 10.6. The number of aromatic nitrogens is 2. The van der Waals surface area contributed by atoms with E-state index >= 15 is 0 Å².